The third-order valence-electron chi connectivity index (χ3n) is 0.963. The van der Waals surface area contributed by atoms with Crippen LogP contribution in [0.3, 0.4) is 0 Å². The van der Waals surface area contributed by atoms with Crippen molar-refractivity contribution >= 4 is 23.8 Å². The topological polar surface area (TPSA) is 25.5 Å². The monoisotopic (exact) mass is 153 g/mol. The van der Waals surface area contributed by atoms with Crippen molar-refractivity contribution in [3.8, 4) is 0 Å². The van der Waals surface area contributed by atoms with Crippen molar-refractivity contribution < 1.29 is 4.42 Å². The summed E-state index contributed by atoms with van der Waals surface area (Å²) in [5, 5.41) is 1.58. The predicted octanol–water partition coefficient (Wildman–Crippen LogP) is 1.70. The van der Waals surface area contributed by atoms with E-state index in [0.717, 1.165) is 5.56 Å². The molecule has 1 aromatic heterocycles. The van der Waals surface area contributed by atoms with E-state index in [-0.39, 0.29) is 0 Å². The molecule has 0 aromatic carbocycles. The van der Waals surface area contributed by atoms with Gasteiger partial charge in [0.15, 0.2) is 0 Å². The minimum Gasteiger partial charge on any atom is -0.472 e. The molecule has 0 spiro atoms. The largest absolute Gasteiger partial charge is 0.472 e. The molecule has 3 heteroatoms. The van der Waals surface area contributed by atoms with E-state index in [9.17, 15) is 0 Å². The maximum absolute atomic E-state index is 4.82. The molecule has 0 saturated heterocycles. The zero-order chi connectivity index (χ0) is 7.23. The Morgan fingerprint density at radius 3 is 3.20 bits per heavy atom. The lowest BCUT2D eigenvalue weighted by molar-refractivity contribution is 0.567. The molecule has 0 aliphatic heterocycles. The van der Waals surface area contributed by atoms with Gasteiger partial charge in [-0.25, -0.2) is 0 Å². The van der Waals surface area contributed by atoms with Crippen LogP contribution in [0, 0.1) is 0 Å². The quantitative estimate of drug-likeness (QED) is 0.488. The van der Waals surface area contributed by atoms with E-state index in [2.05, 4.69) is 17.2 Å². The Kier molecular flexibility index (Phi) is 2.83. The summed E-state index contributed by atoms with van der Waals surface area (Å²) in [7, 11) is 0. The highest BCUT2D eigenvalue weighted by Gasteiger charge is 1.84. The van der Waals surface area contributed by atoms with Crippen molar-refractivity contribution in [1.29, 1.82) is 0 Å². The lowest BCUT2D eigenvalue weighted by Gasteiger charge is -1.79. The summed E-state index contributed by atoms with van der Waals surface area (Å²) in [6.45, 7) is 0.584. The Morgan fingerprint density at radius 1 is 1.70 bits per heavy atom. The van der Waals surface area contributed by atoms with Crippen LogP contribution in [0.1, 0.15) is 5.56 Å². The maximum atomic E-state index is 4.82. The highest BCUT2D eigenvalue weighted by molar-refractivity contribution is 7.79. The SMILES string of the molecule is S=CCN=Cc1ccoc1. The predicted molar refractivity (Wildman–Crippen MR) is 44.8 cm³/mol. The molecule has 0 aliphatic carbocycles. The summed E-state index contributed by atoms with van der Waals surface area (Å²) >= 11 is 4.58. The molecule has 0 saturated carbocycles. The minimum absolute atomic E-state index is 0.584. The number of aliphatic imine (C=N–C) groups is 1. The first-order valence-corrected chi connectivity index (χ1v) is 3.36. The van der Waals surface area contributed by atoms with Gasteiger partial charge in [-0.05, 0) is 6.07 Å². The highest BCUT2D eigenvalue weighted by atomic mass is 32.1. The second-order valence-corrected chi connectivity index (χ2v) is 2.05. The van der Waals surface area contributed by atoms with Gasteiger partial charge in [0.05, 0.1) is 19.1 Å². The molecule has 0 radical (unpaired) electrons. The fourth-order valence-electron chi connectivity index (χ4n) is 0.550. The first-order valence-electron chi connectivity index (χ1n) is 2.89. The molecule has 10 heavy (non-hydrogen) atoms. The van der Waals surface area contributed by atoms with Gasteiger partial charge in [-0.15, -0.1) is 0 Å². The van der Waals surface area contributed by atoms with Gasteiger partial charge in [0.2, 0.25) is 0 Å². The van der Waals surface area contributed by atoms with Crippen LogP contribution < -0.4 is 0 Å². The van der Waals surface area contributed by atoms with Gasteiger partial charge in [0.25, 0.3) is 0 Å². The van der Waals surface area contributed by atoms with Crippen LogP contribution >= 0.6 is 12.2 Å². The average molecular weight is 153 g/mol. The van der Waals surface area contributed by atoms with Gasteiger partial charge >= 0.3 is 0 Å². The molecular formula is C7H7NOS. The Bertz CT molecular complexity index is 216. The molecule has 0 aliphatic rings. The lowest BCUT2D eigenvalue weighted by Crippen LogP contribution is -1.79. The fourth-order valence-corrected chi connectivity index (χ4v) is 0.636. The van der Waals surface area contributed by atoms with E-state index < -0.39 is 0 Å². The molecule has 52 valence electrons. The van der Waals surface area contributed by atoms with Crippen LogP contribution in [0.5, 0.6) is 0 Å². The summed E-state index contributed by atoms with van der Waals surface area (Å²) in [6.07, 6.45) is 4.97. The first kappa shape index (κ1) is 7.15. The number of nitrogens with zero attached hydrogens (tertiary/aromatic N) is 1. The van der Waals surface area contributed by atoms with Crippen LogP contribution in [0.2, 0.25) is 0 Å². The van der Waals surface area contributed by atoms with Gasteiger partial charge in [0, 0.05) is 17.1 Å². The smallest absolute Gasteiger partial charge is 0.0990 e. The third kappa shape index (κ3) is 2.11. The van der Waals surface area contributed by atoms with Crippen molar-refractivity contribution in [2.45, 2.75) is 0 Å². The van der Waals surface area contributed by atoms with Gasteiger partial charge in [0.1, 0.15) is 0 Å². The second kappa shape index (κ2) is 3.95. The highest BCUT2D eigenvalue weighted by Crippen LogP contribution is 1.94. The third-order valence-corrected chi connectivity index (χ3v) is 1.11. The van der Waals surface area contributed by atoms with E-state index in [1.807, 2.05) is 6.07 Å². The van der Waals surface area contributed by atoms with Crippen LogP contribution in [-0.2, 0) is 0 Å². The number of hydrogen-bond acceptors (Lipinski definition) is 3. The molecule has 0 bridgehead atoms. The molecule has 0 atom stereocenters. The van der Waals surface area contributed by atoms with E-state index in [1.54, 1.807) is 24.1 Å². The van der Waals surface area contributed by atoms with Crippen molar-refractivity contribution in [2.75, 3.05) is 6.54 Å². The number of hydrogen-bond donors (Lipinski definition) is 0. The Morgan fingerprint density at radius 2 is 2.60 bits per heavy atom. The zero-order valence-corrected chi connectivity index (χ0v) is 6.17. The zero-order valence-electron chi connectivity index (χ0n) is 5.36. The van der Waals surface area contributed by atoms with Gasteiger partial charge < -0.3 is 4.42 Å². The standard InChI is InChI=1S/C7H7NOS/c10-4-2-8-5-7-1-3-9-6-7/h1,3-6H,2H2. The summed E-state index contributed by atoms with van der Waals surface area (Å²) in [5.74, 6) is 0. The molecule has 0 fully saturated rings. The Balaban J connectivity index is 2.47. The molecule has 0 unspecified atom stereocenters. The van der Waals surface area contributed by atoms with Crippen LogP contribution in [0.25, 0.3) is 0 Å². The molecular weight excluding hydrogens is 146 g/mol. The minimum atomic E-state index is 0.584. The van der Waals surface area contributed by atoms with Gasteiger partial charge in [-0.2, -0.15) is 0 Å². The first-order chi connectivity index (χ1) is 4.93. The van der Waals surface area contributed by atoms with E-state index >= 15 is 0 Å². The summed E-state index contributed by atoms with van der Waals surface area (Å²) in [6, 6.07) is 1.84. The van der Waals surface area contributed by atoms with Crippen molar-refractivity contribution in [3.05, 3.63) is 24.2 Å². The summed E-state index contributed by atoms with van der Waals surface area (Å²) in [5.41, 5.74) is 0.969. The van der Waals surface area contributed by atoms with Crippen molar-refractivity contribution in [1.82, 2.24) is 0 Å². The maximum Gasteiger partial charge on any atom is 0.0990 e. The Hall–Kier alpha value is -0.960. The van der Waals surface area contributed by atoms with E-state index in [1.165, 1.54) is 0 Å². The fraction of sp³-hybridized carbons (Fsp3) is 0.143. The van der Waals surface area contributed by atoms with Crippen molar-refractivity contribution in [3.63, 3.8) is 0 Å². The number of thiocarbonyl (C=S) groups is 1. The molecule has 0 N–H and O–H groups in total. The lowest BCUT2D eigenvalue weighted by atomic mass is 10.4. The summed E-state index contributed by atoms with van der Waals surface area (Å²) in [4.78, 5) is 3.99. The number of furan rings is 1. The Labute approximate surface area is 64.6 Å². The van der Waals surface area contributed by atoms with Crippen LogP contribution in [0.4, 0.5) is 0 Å². The summed E-state index contributed by atoms with van der Waals surface area (Å²) < 4.78 is 4.82. The average Bonchev–Trinajstić information content (AvgIpc) is 2.41. The molecule has 1 rings (SSSR count). The van der Waals surface area contributed by atoms with Crippen LogP contribution in [-0.4, -0.2) is 18.1 Å². The van der Waals surface area contributed by atoms with Crippen LogP contribution in [0.15, 0.2) is 28.0 Å². The van der Waals surface area contributed by atoms with E-state index in [4.69, 9.17) is 4.42 Å². The van der Waals surface area contributed by atoms with E-state index in [0.29, 0.717) is 6.54 Å². The molecule has 2 nitrogen and oxygen atoms in total. The molecule has 1 aromatic rings. The van der Waals surface area contributed by atoms with Gasteiger partial charge in [-0.3, -0.25) is 4.99 Å². The normalized spacial score (nSPS) is 10.4. The van der Waals surface area contributed by atoms with Gasteiger partial charge in [-0.1, -0.05) is 12.2 Å². The molecule has 0 amide bonds. The second-order valence-electron chi connectivity index (χ2n) is 1.72. The molecule has 1 heterocycles. The van der Waals surface area contributed by atoms with Crippen molar-refractivity contribution in [2.24, 2.45) is 4.99 Å². The number of rotatable bonds is 3.